The molecule has 10 nitrogen and oxygen atoms in total. The van der Waals surface area contributed by atoms with Crippen LogP contribution in [0.25, 0.3) is 10.8 Å². The van der Waals surface area contributed by atoms with Crippen molar-refractivity contribution in [1.29, 1.82) is 0 Å². The normalized spacial score (nSPS) is 25.6. The Hall–Kier alpha value is -4.32. The van der Waals surface area contributed by atoms with Crippen LogP contribution in [0.3, 0.4) is 0 Å². The van der Waals surface area contributed by atoms with Gasteiger partial charge >= 0.3 is 5.97 Å². The second-order valence-corrected chi connectivity index (χ2v) is 15.8. The number of rotatable bonds is 16. The predicted molar refractivity (Wildman–Crippen MR) is 207 cm³/mol. The molecule has 3 aliphatic heterocycles. The number of aliphatic hydroxyl groups is 1. The molecule has 3 aromatic rings. The largest absolute Gasteiger partial charge is 0.463 e. The number of anilines is 1. The van der Waals surface area contributed by atoms with Crippen molar-refractivity contribution in [2.45, 2.75) is 74.2 Å². The minimum absolute atomic E-state index is 0.0968. The number of benzene rings is 3. The maximum absolute atomic E-state index is 15.2. The van der Waals surface area contributed by atoms with Crippen LogP contribution >= 0.6 is 15.9 Å². The molecule has 3 amide bonds. The molecule has 0 radical (unpaired) electrons. The van der Waals surface area contributed by atoms with Crippen LogP contribution in [-0.2, 0) is 28.7 Å². The number of carbonyl (C=O) groups excluding carboxylic acids is 4. The average Bonchev–Trinajstić information content (AvgIpc) is 3.76. The molecule has 3 fully saturated rings. The van der Waals surface area contributed by atoms with Gasteiger partial charge in [0.1, 0.15) is 18.2 Å². The lowest BCUT2D eigenvalue weighted by Crippen LogP contribution is -2.59. The Morgan fingerprint density at radius 1 is 1.08 bits per heavy atom. The summed E-state index contributed by atoms with van der Waals surface area (Å²) in [5.74, 6) is -3.48. The first-order valence-corrected chi connectivity index (χ1v) is 19.2. The smallest absolute Gasteiger partial charge is 0.306 e. The lowest BCUT2D eigenvalue weighted by molar-refractivity contribution is -0.146. The van der Waals surface area contributed by atoms with Crippen molar-refractivity contribution in [3.63, 3.8) is 0 Å². The molecule has 8 atom stereocenters. The van der Waals surface area contributed by atoms with Crippen molar-refractivity contribution in [3.8, 4) is 0 Å². The molecule has 0 aliphatic carbocycles. The van der Waals surface area contributed by atoms with E-state index < -0.39 is 59.5 Å². The molecule has 0 saturated carbocycles. The molecule has 53 heavy (non-hydrogen) atoms. The quantitative estimate of drug-likeness (QED) is 0.106. The molecule has 0 aromatic heterocycles. The third-order valence-electron chi connectivity index (χ3n) is 10.7. The Balaban J connectivity index is 1.38. The number of alkyl halides is 1. The fourth-order valence-corrected chi connectivity index (χ4v) is 9.39. The number of amides is 3. The molecular formula is C42H48BrN3O7. The standard InChI is InChI=1S/C42H48BrN3O7/c1-5-7-17-34(48)52-25-33(28-14-9-8-10-15-28)44-39(49)35-36-40(50)46(31(24-47)21-26(3)4)38(42(36)23-32(43)37(35)53-42)41(51)45(20-6-2)30-19-18-27-13-11-12-16-29(27)22-30/h5-6,8-16,18-19,22,26,31-33,35-38,47H,1-2,7,17,20-21,23-25H2,3-4H3,(H,44,49)/t31-,32?,33+,35+,36-,37+,38+,42-/m1/s1. The maximum atomic E-state index is 15.2. The lowest BCUT2D eigenvalue weighted by atomic mass is 9.70. The van der Waals surface area contributed by atoms with Gasteiger partial charge in [0.25, 0.3) is 5.91 Å². The summed E-state index contributed by atoms with van der Waals surface area (Å²) in [6, 6.07) is 20.3. The van der Waals surface area contributed by atoms with Gasteiger partial charge in [0.05, 0.1) is 36.6 Å². The van der Waals surface area contributed by atoms with E-state index in [4.69, 9.17) is 9.47 Å². The first kappa shape index (κ1) is 38.4. The van der Waals surface area contributed by atoms with Gasteiger partial charge in [-0.1, -0.05) is 103 Å². The van der Waals surface area contributed by atoms with Gasteiger partial charge in [-0.25, -0.2) is 0 Å². The Bertz CT molecular complexity index is 1850. The Morgan fingerprint density at radius 3 is 2.47 bits per heavy atom. The monoisotopic (exact) mass is 785 g/mol. The topological polar surface area (TPSA) is 125 Å². The van der Waals surface area contributed by atoms with Gasteiger partial charge < -0.3 is 29.7 Å². The molecule has 280 valence electrons. The SMILES string of the molecule is C=CCCC(=O)OC[C@H](NC(=O)[C@@H]1[C@H]2O[C@@]3(CC2Br)[C@H](C(=O)N(CC=C)c2ccc4ccccc4c2)N([C@@H](CO)CC(C)C)C(=O)[C@@H]13)c1ccccc1. The first-order chi connectivity index (χ1) is 25.5. The van der Waals surface area contributed by atoms with Crippen LogP contribution in [0.2, 0.25) is 0 Å². The van der Waals surface area contributed by atoms with E-state index >= 15 is 4.79 Å². The first-order valence-electron chi connectivity index (χ1n) is 18.3. The molecule has 1 spiro atoms. The number of fused-ring (bicyclic) bond motifs is 2. The molecule has 11 heteroatoms. The lowest BCUT2D eigenvalue weighted by Gasteiger charge is -2.40. The summed E-state index contributed by atoms with van der Waals surface area (Å²) in [4.78, 5) is 59.9. The second-order valence-electron chi connectivity index (χ2n) is 14.6. The highest BCUT2D eigenvalue weighted by Crippen LogP contribution is 2.61. The fourth-order valence-electron chi connectivity index (χ4n) is 8.45. The van der Waals surface area contributed by atoms with Crippen LogP contribution in [0.15, 0.2) is 98.1 Å². The Labute approximate surface area is 319 Å². The van der Waals surface area contributed by atoms with E-state index in [0.717, 1.165) is 16.3 Å². The van der Waals surface area contributed by atoms with Crippen LogP contribution in [0, 0.1) is 17.8 Å². The number of nitrogens with zero attached hydrogens (tertiary/aromatic N) is 2. The zero-order valence-electron chi connectivity index (χ0n) is 30.2. The van der Waals surface area contributed by atoms with Gasteiger partial charge in [0.2, 0.25) is 11.8 Å². The maximum Gasteiger partial charge on any atom is 0.306 e. The predicted octanol–water partition coefficient (Wildman–Crippen LogP) is 5.88. The number of allylic oxidation sites excluding steroid dienone is 1. The summed E-state index contributed by atoms with van der Waals surface area (Å²) in [6.45, 7) is 11.3. The van der Waals surface area contributed by atoms with E-state index in [0.29, 0.717) is 24.9 Å². The van der Waals surface area contributed by atoms with Crippen LogP contribution in [0.4, 0.5) is 5.69 Å². The number of carbonyl (C=O) groups is 4. The third kappa shape index (κ3) is 7.43. The number of esters is 1. The number of hydrogen-bond acceptors (Lipinski definition) is 7. The van der Waals surface area contributed by atoms with Crippen LogP contribution in [-0.4, -0.2) is 82.1 Å². The molecule has 3 aliphatic rings. The van der Waals surface area contributed by atoms with Gasteiger partial charge in [-0.2, -0.15) is 0 Å². The van der Waals surface area contributed by atoms with Gasteiger partial charge in [-0.15, -0.1) is 13.2 Å². The fraction of sp³-hybridized carbons (Fsp3) is 0.429. The van der Waals surface area contributed by atoms with Crippen molar-refractivity contribution in [2.24, 2.45) is 17.8 Å². The minimum Gasteiger partial charge on any atom is -0.463 e. The van der Waals surface area contributed by atoms with E-state index in [1.807, 2.05) is 86.6 Å². The molecule has 3 aromatic carbocycles. The molecule has 3 heterocycles. The molecule has 1 unspecified atom stereocenters. The molecule has 3 saturated heterocycles. The zero-order valence-corrected chi connectivity index (χ0v) is 31.8. The number of hydrogen-bond donors (Lipinski definition) is 2. The van der Waals surface area contributed by atoms with Gasteiger partial charge in [0, 0.05) is 23.5 Å². The van der Waals surface area contributed by atoms with Crippen molar-refractivity contribution in [1.82, 2.24) is 10.2 Å². The van der Waals surface area contributed by atoms with Crippen LogP contribution in [0.1, 0.15) is 51.1 Å². The number of ether oxygens (including phenoxy) is 2. The van der Waals surface area contributed by atoms with Gasteiger partial charge in [0.15, 0.2) is 0 Å². The third-order valence-corrected chi connectivity index (χ3v) is 11.6. The summed E-state index contributed by atoms with van der Waals surface area (Å²) in [7, 11) is 0. The van der Waals surface area contributed by atoms with Gasteiger partial charge in [-0.05, 0) is 53.6 Å². The molecular weight excluding hydrogens is 738 g/mol. The highest BCUT2D eigenvalue weighted by atomic mass is 79.9. The number of nitrogens with one attached hydrogen (secondary N) is 1. The Kier molecular flexibility index (Phi) is 11.9. The van der Waals surface area contributed by atoms with Gasteiger partial charge in [-0.3, -0.25) is 19.2 Å². The van der Waals surface area contributed by atoms with Crippen molar-refractivity contribution in [3.05, 3.63) is 104 Å². The minimum atomic E-state index is -1.35. The van der Waals surface area contributed by atoms with Crippen molar-refractivity contribution in [2.75, 3.05) is 24.7 Å². The average molecular weight is 787 g/mol. The highest BCUT2D eigenvalue weighted by molar-refractivity contribution is 9.09. The molecule has 2 N–H and O–H groups in total. The highest BCUT2D eigenvalue weighted by Gasteiger charge is 2.77. The number of aliphatic hydroxyl groups excluding tert-OH is 1. The summed E-state index contributed by atoms with van der Waals surface area (Å²) < 4.78 is 12.4. The summed E-state index contributed by atoms with van der Waals surface area (Å²) in [5, 5.41) is 15.8. The Morgan fingerprint density at radius 2 is 1.79 bits per heavy atom. The summed E-state index contributed by atoms with van der Waals surface area (Å²) in [5.41, 5.74) is 0.0113. The van der Waals surface area contributed by atoms with E-state index in [2.05, 4.69) is 34.4 Å². The van der Waals surface area contributed by atoms with Crippen molar-refractivity contribution >= 4 is 56.1 Å². The second kappa shape index (κ2) is 16.4. The van der Waals surface area contributed by atoms with Crippen LogP contribution < -0.4 is 10.2 Å². The zero-order chi connectivity index (χ0) is 37.9. The number of likely N-dealkylation sites (tertiary alicyclic amines) is 1. The molecule has 2 bridgehead atoms. The van der Waals surface area contributed by atoms with E-state index in [-0.39, 0.29) is 42.8 Å². The van der Waals surface area contributed by atoms with E-state index in [1.165, 1.54) is 4.90 Å². The number of halogens is 1. The summed E-state index contributed by atoms with van der Waals surface area (Å²) >= 11 is 3.77. The van der Waals surface area contributed by atoms with E-state index in [1.54, 1.807) is 17.1 Å². The van der Waals surface area contributed by atoms with Crippen molar-refractivity contribution < 1.29 is 33.8 Å². The molecule has 6 rings (SSSR count). The van der Waals surface area contributed by atoms with Crippen LogP contribution in [0.5, 0.6) is 0 Å². The van der Waals surface area contributed by atoms with E-state index in [9.17, 15) is 19.5 Å². The summed E-state index contributed by atoms with van der Waals surface area (Å²) in [6.07, 6.45) is 3.96.